The number of carbonyl (C=O) groups is 1. The molecular formula is C20H22ClF2N3O. The smallest absolute Gasteiger partial charge is 0.253 e. The third-order valence-corrected chi connectivity index (χ3v) is 4.92. The van der Waals surface area contributed by atoms with Crippen LogP contribution in [0.4, 0.5) is 8.78 Å². The van der Waals surface area contributed by atoms with Gasteiger partial charge in [0.25, 0.3) is 5.91 Å². The average Bonchev–Trinajstić information content (AvgIpc) is 2.69. The molecule has 7 heteroatoms. The first-order valence-corrected chi connectivity index (χ1v) is 9.20. The van der Waals surface area contributed by atoms with Crippen LogP contribution in [0.25, 0.3) is 0 Å². The van der Waals surface area contributed by atoms with E-state index in [0.29, 0.717) is 5.82 Å². The zero-order valence-electron chi connectivity index (χ0n) is 17.0. The predicted molar refractivity (Wildman–Crippen MR) is 100 cm³/mol. The zero-order chi connectivity index (χ0) is 21.2. The minimum atomic E-state index is -2.07. The van der Waals surface area contributed by atoms with Gasteiger partial charge in [-0.2, -0.15) is 0 Å². The van der Waals surface area contributed by atoms with Crippen LogP contribution in [0.2, 0.25) is 5.02 Å². The number of aryl methyl sites for hydroxylation is 2. The van der Waals surface area contributed by atoms with Crippen LogP contribution in [0, 0.1) is 12.7 Å². The van der Waals surface area contributed by atoms with Crippen molar-refractivity contribution in [3.05, 3.63) is 58.4 Å². The molecular weight excluding hydrogens is 372 g/mol. The van der Waals surface area contributed by atoms with E-state index >= 15 is 4.39 Å². The van der Waals surface area contributed by atoms with Crippen molar-refractivity contribution < 1.29 is 16.3 Å². The van der Waals surface area contributed by atoms with E-state index in [4.69, 9.17) is 14.3 Å². The fourth-order valence-electron chi connectivity index (χ4n) is 3.00. The van der Waals surface area contributed by atoms with Crippen molar-refractivity contribution in [3.8, 4) is 0 Å². The number of alkyl halides is 1. The number of nitrogens with zero attached hydrogens (tertiary/aromatic N) is 3. The van der Waals surface area contributed by atoms with Crippen molar-refractivity contribution >= 4 is 17.5 Å². The summed E-state index contributed by atoms with van der Waals surface area (Å²) in [6.07, 6.45) is 1.17. The van der Waals surface area contributed by atoms with Gasteiger partial charge in [0.15, 0.2) is 0 Å². The number of aromatic nitrogens is 2. The lowest BCUT2D eigenvalue weighted by atomic mass is 9.88. The quantitative estimate of drug-likeness (QED) is 0.746. The number of carbonyl (C=O) groups excluding carboxylic acids is 1. The SMILES string of the molecule is [2H]C([2H])(CCc1ncc(C)cn1)C1(F)CCN(C(=O)c2ccc(F)c(Cl)c2)CC1. The molecule has 1 aromatic heterocycles. The maximum atomic E-state index is 15.4. The van der Waals surface area contributed by atoms with E-state index < -0.39 is 17.9 Å². The molecule has 1 amide bonds. The van der Waals surface area contributed by atoms with Gasteiger partial charge in [0.05, 0.1) is 5.02 Å². The first-order chi connectivity index (χ1) is 13.6. The van der Waals surface area contributed by atoms with Gasteiger partial charge >= 0.3 is 0 Å². The lowest BCUT2D eigenvalue weighted by Crippen LogP contribution is -2.44. The van der Waals surface area contributed by atoms with E-state index in [0.717, 1.165) is 11.6 Å². The Morgan fingerprint density at radius 1 is 1.33 bits per heavy atom. The molecule has 0 spiro atoms. The molecule has 144 valence electrons. The van der Waals surface area contributed by atoms with Gasteiger partial charge < -0.3 is 4.90 Å². The fraction of sp³-hybridized carbons (Fsp3) is 0.450. The molecule has 27 heavy (non-hydrogen) atoms. The predicted octanol–water partition coefficient (Wildman–Crippen LogP) is 4.54. The topological polar surface area (TPSA) is 46.1 Å². The van der Waals surface area contributed by atoms with E-state index in [1.807, 2.05) is 6.92 Å². The second-order valence-corrected chi connectivity index (χ2v) is 7.15. The number of hydrogen-bond acceptors (Lipinski definition) is 3. The monoisotopic (exact) mass is 395 g/mol. The Hall–Kier alpha value is -2.08. The first-order valence-electron chi connectivity index (χ1n) is 9.82. The van der Waals surface area contributed by atoms with E-state index in [1.54, 1.807) is 12.4 Å². The summed E-state index contributed by atoms with van der Waals surface area (Å²) in [6.45, 7) is 2.00. The molecule has 0 bridgehead atoms. The largest absolute Gasteiger partial charge is 0.338 e. The van der Waals surface area contributed by atoms with E-state index in [1.165, 1.54) is 17.0 Å². The lowest BCUT2D eigenvalue weighted by molar-refractivity contribution is 0.0389. The van der Waals surface area contributed by atoms with Crippen molar-refractivity contribution in [1.29, 1.82) is 0 Å². The Labute approximate surface area is 165 Å². The van der Waals surface area contributed by atoms with Crippen molar-refractivity contribution in [2.45, 2.75) is 44.6 Å². The molecule has 3 rings (SSSR count). The molecule has 0 saturated carbocycles. The Morgan fingerprint density at radius 3 is 2.63 bits per heavy atom. The maximum absolute atomic E-state index is 15.4. The van der Waals surface area contributed by atoms with Crippen molar-refractivity contribution in [2.75, 3.05) is 13.1 Å². The van der Waals surface area contributed by atoms with Crippen LogP contribution in [0.5, 0.6) is 0 Å². The van der Waals surface area contributed by atoms with Gasteiger partial charge in [-0.15, -0.1) is 0 Å². The van der Waals surface area contributed by atoms with Crippen LogP contribution in [0.15, 0.2) is 30.6 Å². The van der Waals surface area contributed by atoms with E-state index in [-0.39, 0.29) is 55.3 Å². The van der Waals surface area contributed by atoms with Gasteiger partial charge in [0, 0.05) is 40.2 Å². The summed E-state index contributed by atoms with van der Waals surface area (Å²) in [5.41, 5.74) is -0.921. The Morgan fingerprint density at radius 2 is 2.00 bits per heavy atom. The van der Waals surface area contributed by atoms with E-state index in [9.17, 15) is 9.18 Å². The van der Waals surface area contributed by atoms with Gasteiger partial charge in [-0.3, -0.25) is 4.79 Å². The molecule has 0 aliphatic carbocycles. The Balaban J connectivity index is 1.61. The number of halogens is 3. The zero-order valence-corrected chi connectivity index (χ0v) is 15.8. The van der Waals surface area contributed by atoms with Crippen LogP contribution < -0.4 is 0 Å². The molecule has 1 aromatic carbocycles. The molecule has 0 N–H and O–H groups in total. The fourth-order valence-corrected chi connectivity index (χ4v) is 3.18. The molecule has 0 unspecified atom stereocenters. The van der Waals surface area contributed by atoms with Crippen LogP contribution in [0.1, 0.15) is 50.1 Å². The van der Waals surface area contributed by atoms with Crippen LogP contribution in [-0.2, 0) is 6.42 Å². The summed E-state index contributed by atoms with van der Waals surface area (Å²) in [5, 5.41) is -0.151. The summed E-state index contributed by atoms with van der Waals surface area (Å²) >= 11 is 5.73. The molecule has 2 aromatic rings. The number of rotatable bonds is 5. The Bertz CT molecular complexity index is 888. The van der Waals surface area contributed by atoms with Crippen LogP contribution in [-0.4, -0.2) is 39.5 Å². The van der Waals surface area contributed by atoms with Crippen molar-refractivity contribution in [2.24, 2.45) is 0 Å². The summed E-state index contributed by atoms with van der Waals surface area (Å²) in [4.78, 5) is 22.3. The van der Waals surface area contributed by atoms with E-state index in [2.05, 4.69) is 9.97 Å². The molecule has 1 aliphatic rings. The second kappa shape index (κ2) is 8.30. The first kappa shape index (κ1) is 17.0. The molecule has 2 heterocycles. The third-order valence-electron chi connectivity index (χ3n) is 4.63. The summed E-state index contributed by atoms with van der Waals surface area (Å²) in [5.74, 6) is -0.512. The molecule has 1 saturated heterocycles. The standard InChI is InChI=1S/C20H22ClF2N3O/c1-14-12-24-18(25-13-14)3-2-6-20(23)7-9-26(10-8-20)19(27)15-4-5-17(22)16(21)11-15/h4-5,11-13H,2-3,6-10H2,1H3/i6D2. The molecule has 0 atom stereocenters. The highest BCUT2D eigenvalue weighted by Crippen LogP contribution is 2.32. The van der Waals surface area contributed by atoms with Crippen LogP contribution in [0.3, 0.4) is 0 Å². The molecule has 0 radical (unpaired) electrons. The lowest BCUT2D eigenvalue weighted by Gasteiger charge is -2.36. The highest BCUT2D eigenvalue weighted by atomic mass is 35.5. The van der Waals surface area contributed by atoms with Crippen molar-refractivity contribution in [1.82, 2.24) is 14.9 Å². The maximum Gasteiger partial charge on any atom is 0.253 e. The number of amides is 1. The number of hydrogen-bond donors (Lipinski definition) is 0. The number of piperidine rings is 1. The molecule has 1 fully saturated rings. The normalized spacial score (nSPS) is 18.0. The van der Waals surface area contributed by atoms with Crippen molar-refractivity contribution in [3.63, 3.8) is 0 Å². The molecule has 1 aliphatic heterocycles. The summed E-state index contributed by atoms with van der Waals surface area (Å²) < 4.78 is 45.3. The highest BCUT2D eigenvalue weighted by molar-refractivity contribution is 6.31. The van der Waals surface area contributed by atoms with Gasteiger partial charge in [-0.05, 0) is 56.3 Å². The highest BCUT2D eigenvalue weighted by Gasteiger charge is 2.35. The number of likely N-dealkylation sites (tertiary alicyclic amines) is 1. The number of benzene rings is 1. The minimum absolute atomic E-state index is 0.0475. The van der Waals surface area contributed by atoms with Gasteiger partial charge in [-0.25, -0.2) is 18.7 Å². The Kier molecular flexibility index (Phi) is 5.24. The van der Waals surface area contributed by atoms with Gasteiger partial charge in [0.1, 0.15) is 17.3 Å². The van der Waals surface area contributed by atoms with Gasteiger partial charge in [0.2, 0.25) is 0 Å². The molecule has 4 nitrogen and oxygen atoms in total. The third kappa shape index (κ3) is 5.01. The average molecular weight is 396 g/mol. The van der Waals surface area contributed by atoms with Gasteiger partial charge in [-0.1, -0.05) is 11.6 Å². The second-order valence-electron chi connectivity index (χ2n) is 6.74. The summed E-state index contributed by atoms with van der Waals surface area (Å²) in [7, 11) is 0. The summed E-state index contributed by atoms with van der Waals surface area (Å²) in [6, 6.07) is 3.70. The van der Waals surface area contributed by atoms with Crippen LogP contribution >= 0.6 is 11.6 Å². The minimum Gasteiger partial charge on any atom is -0.338 e.